The molecule has 2 aromatic rings. The van der Waals surface area contributed by atoms with Crippen LogP contribution >= 0.6 is 22.7 Å². The highest BCUT2D eigenvalue weighted by Gasteiger charge is 2.23. The average molecular weight is 343 g/mol. The van der Waals surface area contributed by atoms with Gasteiger partial charge in [0.25, 0.3) is 10.0 Å². The maximum atomic E-state index is 12.4. The summed E-state index contributed by atoms with van der Waals surface area (Å²) < 4.78 is 27.6. The van der Waals surface area contributed by atoms with Gasteiger partial charge in [-0.25, -0.2) is 13.4 Å². The Balaban J connectivity index is 1.76. The van der Waals surface area contributed by atoms with Crippen molar-refractivity contribution in [2.75, 3.05) is 4.72 Å². The van der Waals surface area contributed by atoms with E-state index >= 15 is 0 Å². The van der Waals surface area contributed by atoms with E-state index in [-0.39, 0.29) is 0 Å². The summed E-state index contributed by atoms with van der Waals surface area (Å²) >= 11 is 2.66. The molecule has 2 aromatic heterocycles. The molecule has 0 aliphatic heterocycles. The molecule has 0 radical (unpaired) electrons. The second kappa shape index (κ2) is 5.68. The first kappa shape index (κ1) is 15.0. The topological polar surface area (TPSA) is 71.1 Å². The molecule has 0 amide bonds. The standard InChI is InChI=1S/C13H17N3O2S3/c1-8-5-12(20-11(8)7-14-10-3-4-10)21(17,18)16-13-15-6-9(2)19-13/h5-6,10,14H,3-4,7H2,1-2H3,(H,15,16). The highest BCUT2D eigenvalue weighted by Crippen LogP contribution is 2.29. The van der Waals surface area contributed by atoms with Crippen LogP contribution in [0.25, 0.3) is 0 Å². The minimum absolute atomic E-state index is 0.348. The Morgan fingerprint density at radius 1 is 1.33 bits per heavy atom. The highest BCUT2D eigenvalue weighted by atomic mass is 32.2. The molecule has 0 bridgehead atoms. The second-order valence-electron chi connectivity index (χ2n) is 5.21. The molecule has 0 spiro atoms. The first-order valence-corrected chi connectivity index (χ1v) is 9.83. The van der Waals surface area contributed by atoms with E-state index in [0.29, 0.717) is 15.4 Å². The molecule has 21 heavy (non-hydrogen) atoms. The molecule has 8 heteroatoms. The Hall–Kier alpha value is -0.960. The van der Waals surface area contributed by atoms with Crippen LogP contribution in [0.15, 0.2) is 16.5 Å². The molecule has 1 aliphatic rings. The summed E-state index contributed by atoms with van der Waals surface area (Å²) in [6, 6.07) is 2.35. The van der Waals surface area contributed by atoms with Crippen LogP contribution in [-0.2, 0) is 16.6 Å². The number of nitrogens with one attached hydrogen (secondary N) is 2. The Morgan fingerprint density at radius 3 is 2.71 bits per heavy atom. The number of aryl methyl sites for hydroxylation is 2. The normalized spacial score (nSPS) is 15.3. The van der Waals surface area contributed by atoms with Crippen LogP contribution in [0.5, 0.6) is 0 Å². The molecule has 0 unspecified atom stereocenters. The zero-order chi connectivity index (χ0) is 15.0. The quantitative estimate of drug-likeness (QED) is 0.846. The van der Waals surface area contributed by atoms with Gasteiger partial charge < -0.3 is 5.32 Å². The maximum absolute atomic E-state index is 12.4. The van der Waals surface area contributed by atoms with Gasteiger partial charge in [-0.05, 0) is 38.3 Å². The van der Waals surface area contributed by atoms with Crippen molar-refractivity contribution in [3.63, 3.8) is 0 Å². The van der Waals surface area contributed by atoms with Crippen molar-refractivity contribution in [3.8, 4) is 0 Å². The van der Waals surface area contributed by atoms with Crippen molar-refractivity contribution < 1.29 is 8.42 Å². The van der Waals surface area contributed by atoms with Crippen molar-refractivity contribution in [1.29, 1.82) is 0 Å². The smallest absolute Gasteiger partial charge is 0.273 e. The zero-order valence-electron chi connectivity index (χ0n) is 11.8. The van der Waals surface area contributed by atoms with Crippen molar-refractivity contribution in [3.05, 3.63) is 27.6 Å². The van der Waals surface area contributed by atoms with E-state index < -0.39 is 10.0 Å². The zero-order valence-corrected chi connectivity index (χ0v) is 14.3. The summed E-state index contributed by atoms with van der Waals surface area (Å²) in [5, 5.41) is 3.83. The number of hydrogen-bond acceptors (Lipinski definition) is 6. The average Bonchev–Trinajstić information content (AvgIpc) is 3.04. The Morgan fingerprint density at radius 2 is 2.10 bits per heavy atom. The van der Waals surface area contributed by atoms with E-state index in [1.807, 2.05) is 13.8 Å². The third-order valence-corrected chi connectivity index (χ3v) is 7.24. The summed E-state index contributed by atoms with van der Waals surface area (Å²) in [5.41, 5.74) is 1.02. The number of nitrogens with zero attached hydrogens (tertiary/aromatic N) is 1. The fourth-order valence-corrected chi connectivity index (χ4v) is 5.33. The molecule has 1 aliphatic carbocycles. The van der Waals surface area contributed by atoms with Crippen LogP contribution < -0.4 is 10.0 Å². The fraction of sp³-hybridized carbons (Fsp3) is 0.462. The van der Waals surface area contributed by atoms with Gasteiger partial charge in [0, 0.05) is 28.5 Å². The Bertz CT molecular complexity index is 745. The minimum Gasteiger partial charge on any atom is -0.309 e. The summed E-state index contributed by atoms with van der Waals surface area (Å²) in [6.07, 6.45) is 4.11. The van der Waals surface area contributed by atoms with E-state index in [9.17, 15) is 8.42 Å². The van der Waals surface area contributed by atoms with Gasteiger partial charge in [0.2, 0.25) is 0 Å². The second-order valence-corrected chi connectivity index (χ2v) is 9.49. The lowest BCUT2D eigenvalue weighted by Crippen LogP contribution is -2.14. The third-order valence-electron chi connectivity index (χ3n) is 3.23. The Kier molecular flexibility index (Phi) is 4.04. The summed E-state index contributed by atoms with van der Waals surface area (Å²) in [4.78, 5) is 6.10. The van der Waals surface area contributed by atoms with E-state index in [1.165, 1.54) is 35.5 Å². The largest absolute Gasteiger partial charge is 0.309 e. The number of aromatic nitrogens is 1. The van der Waals surface area contributed by atoms with Gasteiger partial charge in [-0.1, -0.05) is 0 Å². The van der Waals surface area contributed by atoms with E-state index in [4.69, 9.17) is 0 Å². The number of rotatable bonds is 6. The molecule has 114 valence electrons. The van der Waals surface area contributed by atoms with Gasteiger partial charge >= 0.3 is 0 Å². The lowest BCUT2D eigenvalue weighted by molar-refractivity contribution is 0.603. The predicted molar refractivity (Wildman–Crippen MR) is 86.6 cm³/mol. The number of anilines is 1. The van der Waals surface area contributed by atoms with Crippen LogP contribution in [0.3, 0.4) is 0 Å². The molecule has 1 fully saturated rings. The van der Waals surface area contributed by atoms with Gasteiger partial charge in [0.05, 0.1) is 0 Å². The van der Waals surface area contributed by atoms with Gasteiger partial charge in [-0.3, -0.25) is 4.72 Å². The monoisotopic (exact) mass is 343 g/mol. The molecular weight excluding hydrogens is 326 g/mol. The molecule has 1 saturated carbocycles. The summed E-state index contributed by atoms with van der Waals surface area (Å²) in [5.74, 6) is 0. The molecular formula is C13H17N3O2S3. The van der Waals surface area contributed by atoms with Crippen LogP contribution in [0.4, 0.5) is 5.13 Å². The SMILES string of the molecule is Cc1cnc(NS(=O)(=O)c2cc(C)c(CNC3CC3)s2)s1. The van der Waals surface area contributed by atoms with Gasteiger partial charge in [-0.2, -0.15) is 0 Å². The predicted octanol–water partition coefficient (Wildman–Crippen LogP) is 2.87. The van der Waals surface area contributed by atoms with Gasteiger partial charge in [-0.15, -0.1) is 22.7 Å². The summed E-state index contributed by atoms with van der Waals surface area (Å²) in [6.45, 7) is 4.59. The first-order chi connectivity index (χ1) is 9.94. The van der Waals surface area contributed by atoms with Crippen LogP contribution in [0, 0.1) is 13.8 Å². The lowest BCUT2D eigenvalue weighted by Gasteiger charge is -2.02. The number of hydrogen-bond donors (Lipinski definition) is 2. The van der Waals surface area contributed by atoms with Crippen molar-refractivity contribution in [2.24, 2.45) is 0 Å². The fourth-order valence-electron chi connectivity index (χ4n) is 1.89. The summed E-state index contributed by atoms with van der Waals surface area (Å²) in [7, 11) is -3.54. The minimum atomic E-state index is -3.54. The van der Waals surface area contributed by atoms with E-state index in [2.05, 4.69) is 15.0 Å². The molecule has 2 heterocycles. The third kappa shape index (κ3) is 3.63. The molecule has 0 aromatic carbocycles. The highest BCUT2D eigenvalue weighted by molar-refractivity contribution is 7.94. The van der Waals surface area contributed by atoms with Crippen LogP contribution in [0.2, 0.25) is 0 Å². The molecule has 2 N–H and O–H groups in total. The molecule has 5 nitrogen and oxygen atoms in total. The van der Waals surface area contributed by atoms with Crippen molar-refractivity contribution in [1.82, 2.24) is 10.3 Å². The van der Waals surface area contributed by atoms with E-state index in [1.54, 1.807) is 12.3 Å². The molecule has 0 atom stereocenters. The number of thiazole rings is 1. The van der Waals surface area contributed by atoms with Crippen LogP contribution in [-0.4, -0.2) is 19.4 Å². The van der Waals surface area contributed by atoms with Crippen LogP contribution in [0.1, 0.15) is 28.2 Å². The van der Waals surface area contributed by atoms with E-state index in [0.717, 1.165) is 21.9 Å². The van der Waals surface area contributed by atoms with Crippen molar-refractivity contribution in [2.45, 2.75) is 43.5 Å². The van der Waals surface area contributed by atoms with Gasteiger partial charge in [0.15, 0.2) is 5.13 Å². The van der Waals surface area contributed by atoms with Gasteiger partial charge in [0.1, 0.15) is 4.21 Å². The molecule has 3 rings (SSSR count). The van der Waals surface area contributed by atoms with Crippen molar-refractivity contribution >= 4 is 37.8 Å². The molecule has 0 saturated heterocycles. The first-order valence-electron chi connectivity index (χ1n) is 6.72. The lowest BCUT2D eigenvalue weighted by atomic mass is 10.3. The maximum Gasteiger partial charge on any atom is 0.273 e. The number of sulfonamides is 1. The Labute approximate surface area is 132 Å². The number of thiophene rings is 1.